The van der Waals surface area contributed by atoms with Crippen molar-refractivity contribution in [3.05, 3.63) is 83.9 Å². The first-order valence-electron chi connectivity index (χ1n) is 7.49. The standard InChI is InChI=1S/C20H14O5/c21-15-11-9-14(10-12-15)20(24)25-17-8-4-7-16(19(22)23)18(17)13-5-2-1-3-6-13/h1-12,21H,(H,22,23). The average molecular weight is 334 g/mol. The lowest BCUT2D eigenvalue weighted by molar-refractivity contribution is 0.0689. The lowest BCUT2D eigenvalue weighted by Gasteiger charge is -2.13. The lowest BCUT2D eigenvalue weighted by Crippen LogP contribution is -2.10. The Labute approximate surface area is 143 Å². The second-order valence-electron chi connectivity index (χ2n) is 5.29. The van der Waals surface area contributed by atoms with Crippen LogP contribution in [0.2, 0.25) is 0 Å². The van der Waals surface area contributed by atoms with E-state index in [1.54, 1.807) is 30.3 Å². The lowest BCUT2D eigenvalue weighted by atomic mass is 9.98. The first kappa shape index (κ1) is 16.3. The molecule has 0 amide bonds. The van der Waals surface area contributed by atoms with E-state index in [4.69, 9.17) is 4.74 Å². The van der Waals surface area contributed by atoms with Crippen molar-refractivity contribution in [3.8, 4) is 22.6 Å². The van der Waals surface area contributed by atoms with Gasteiger partial charge in [-0.1, -0.05) is 36.4 Å². The molecule has 0 heterocycles. The van der Waals surface area contributed by atoms with Gasteiger partial charge in [-0.15, -0.1) is 0 Å². The largest absolute Gasteiger partial charge is 0.508 e. The van der Waals surface area contributed by atoms with Crippen LogP contribution in [0.15, 0.2) is 72.8 Å². The van der Waals surface area contributed by atoms with E-state index in [1.807, 2.05) is 6.07 Å². The van der Waals surface area contributed by atoms with Gasteiger partial charge in [0.25, 0.3) is 0 Å². The molecule has 0 atom stereocenters. The average Bonchev–Trinajstić information content (AvgIpc) is 2.62. The van der Waals surface area contributed by atoms with Crippen LogP contribution in [0.25, 0.3) is 11.1 Å². The van der Waals surface area contributed by atoms with Crippen LogP contribution in [-0.4, -0.2) is 22.2 Å². The molecule has 0 unspecified atom stereocenters. The van der Waals surface area contributed by atoms with Gasteiger partial charge < -0.3 is 14.9 Å². The molecule has 2 N–H and O–H groups in total. The second kappa shape index (κ2) is 6.88. The number of carbonyl (C=O) groups excluding carboxylic acids is 1. The summed E-state index contributed by atoms with van der Waals surface area (Å²) >= 11 is 0. The molecular formula is C20H14O5. The molecule has 3 aromatic carbocycles. The monoisotopic (exact) mass is 334 g/mol. The first-order valence-corrected chi connectivity index (χ1v) is 7.49. The third-order valence-electron chi connectivity index (χ3n) is 3.62. The summed E-state index contributed by atoms with van der Waals surface area (Å²) in [7, 11) is 0. The summed E-state index contributed by atoms with van der Waals surface area (Å²) in [4.78, 5) is 23.9. The molecule has 3 rings (SSSR count). The number of carboxylic acids is 1. The Morgan fingerprint density at radius 1 is 0.800 bits per heavy atom. The molecule has 0 radical (unpaired) electrons. The van der Waals surface area contributed by atoms with Gasteiger partial charge in [0.05, 0.1) is 11.1 Å². The Hall–Kier alpha value is -3.60. The van der Waals surface area contributed by atoms with Crippen molar-refractivity contribution < 1.29 is 24.5 Å². The minimum Gasteiger partial charge on any atom is -0.508 e. The molecule has 0 aromatic heterocycles. The van der Waals surface area contributed by atoms with Gasteiger partial charge in [0.1, 0.15) is 11.5 Å². The normalized spacial score (nSPS) is 10.2. The van der Waals surface area contributed by atoms with E-state index >= 15 is 0 Å². The summed E-state index contributed by atoms with van der Waals surface area (Å²) in [5, 5.41) is 18.8. The summed E-state index contributed by atoms with van der Waals surface area (Å²) in [6.07, 6.45) is 0. The van der Waals surface area contributed by atoms with Crippen molar-refractivity contribution in [2.45, 2.75) is 0 Å². The maximum absolute atomic E-state index is 12.3. The molecule has 0 spiro atoms. The highest BCUT2D eigenvalue weighted by atomic mass is 16.5. The zero-order chi connectivity index (χ0) is 17.8. The van der Waals surface area contributed by atoms with Crippen LogP contribution in [0.1, 0.15) is 20.7 Å². The highest BCUT2D eigenvalue weighted by Gasteiger charge is 2.19. The van der Waals surface area contributed by atoms with Crippen molar-refractivity contribution in [2.75, 3.05) is 0 Å². The number of hydrogen-bond donors (Lipinski definition) is 2. The van der Waals surface area contributed by atoms with Crippen molar-refractivity contribution in [2.24, 2.45) is 0 Å². The predicted molar refractivity (Wildman–Crippen MR) is 91.9 cm³/mol. The van der Waals surface area contributed by atoms with E-state index in [0.717, 1.165) is 0 Å². The number of aromatic carboxylic acids is 1. The molecule has 0 saturated heterocycles. The molecule has 0 bridgehead atoms. The van der Waals surface area contributed by atoms with E-state index in [2.05, 4.69) is 0 Å². The minimum atomic E-state index is -1.11. The number of phenols is 1. The van der Waals surface area contributed by atoms with Crippen LogP contribution in [0, 0.1) is 0 Å². The van der Waals surface area contributed by atoms with E-state index in [1.165, 1.54) is 36.4 Å². The van der Waals surface area contributed by atoms with Crippen molar-refractivity contribution in [1.29, 1.82) is 0 Å². The number of hydrogen-bond acceptors (Lipinski definition) is 4. The first-order chi connectivity index (χ1) is 12.1. The smallest absolute Gasteiger partial charge is 0.343 e. The SMILES string of the molecule is O=C(Oc1cccc(C(=O)O)c1-c1ccccc1)c1ccc(O)cc1. The van der Waals surface area contributed by atoms with E-state index in [-0.39, 0.29) is 22.6 Å². The molecule has 0 aliphatic rings. The van der Waals surface area contributed by atoms with Gasteiger partial charge in [0.2, 0.25) is 0 Å². The van der Waals surface area contributed by atoms with Crippen LogP contribution in [0.4, 0.5) is 0 Å². The number of esters is 1. The van der Waals surface area contributed by atoms with Gasteiger partial charge >= 0.3 is 11.9 Å². The third kappa shape index (κ3) is 3.50. The van der Waals surface area contributed by atoms with Crippen molar-refractivity contribution >= 4 is 11.9 Å². The second-order valence-corrected chi connectivity index (χ2v) is 5.29. The fourth-order valence-corrected chi connectivity index (χ4v) is 2.45. The Balaban J connectivity index is 2.04. The Kier molecular flexibility index (Phi) is 4.48. The molecule has 5 heteroatoms. The number of rotatable bonds is 4. The van der Waals surface area contributed by atoms with Gasteiger partial charge in [-0.05, 0) is 42.0 Å². The highest BCUT2D eigenvalue weighted by Crippen LogP contribution is 2.34. The molecule has 0 aliphatic carbocycles. The van der Waals surface area contributed by atoms with Crippen LogP contribution in [0.3, 0.4) is 0 Å². The van der Waals surface area contributed by atoms with E-state index in [0.29, 0.717) is 11.1 Å². The van der Waals surface area contributed by atoms with Crippen LogP contribution >= 0.6 is 0 Å². The van der Waals surface area contributed by atoms with E-state index in [9.17, 15) is 19.8 Å². The molecular weight excluding hydrogens is 320 g/mol. The Morgan fingerprint density at radius 2 is 1.48 bits per heavy atom. The summed E-state index contributed by atoms with van der Waals surface area (Å²) in [6, 6.07) is 19.0. The van der Waals surface area contributed by atoms with Crippen molar-refractivity contribution in [3.63, 3.8) is 0 Å². The fraction of sp³-hybridized carbons (Fsp3) is 0. The Bertz CT molecular complexity index is 915. The van der Waals surface area contributed by atoms with Gasteiger partial charge in [0.15, 0.2) is 0 Å². The fourth-order valence-electron chi connectivity index (χ4n) is 2.45. The maximum atomic E-state index is 12.3. The third-order valence-corrected chi connectivity index (χ3v) is 3.62. The number of ether oxygens (including phenoxy) is 1. The number of benzene rings is 3. The molecule has 0 fully saturated rings. The van der Waals surface area contributed by atoms with Crippen LogP contribution < -0.4 is 4.74 Å². The quantitative estimate of drug-likeness (QED) is 0.557. The number of carboxylic acid groups (broad SMARTS) is 1. The summed E-state index contributed by atoms with van der Waals surface area (Å²) in [6.45, 7) is 0. The van der Waals surface area contributed by atoms with Gasteiger partial charge in [0, 0.05) is 5.56 Å². The molecule has 0 saturated carbocycles. The van der Waals surface area contributed by atoms with Gasteiger partial charge in [-0.3, -0.25) is 0 Å². The zero-order valence-corrected chi connectivity index (χ0v) is 13.0. The minimum absolute atomic E-state index is 0.0365. The maximum Gasteiger partial charge on any atom is 0.343 e. The highest BCUT2D eigenvalue weighted by molar-refractivity contribution is 5.99. The molecule has 0 aliphatic heterocycles. The van der Waals surface area contributed by atoms with Gasteiger partial charge in [-0.25, -0.2) is 9.59 Å². The zero-order valence-electron chi connectivity index (χ0n) is 13.0. The molecule has 124 valence electrons. The van der Waals surface area contributed by atoms with Crippen LogP contribution in [0.5, 0.6) is 11.5 Å². The number of phenolic OH excluding ortho intramolecular Hbond substituents is 1. The topological polar surface area (TPSA) is 83.8 Å². The molecule has 25 heavy (non-hydrogen) atoms. The number of carbonyl (C=O) groups is 2. The molecule has 5 nitrogen and oxygen atoms in total. The number of aromatic hydroxyl groups is 1. The summed E-state index contributed by atoms with van der Waals surface area (Å²) in [5.41, 5.74) is 1.26. The predicted octanol–water partition coefficient (Wildman–Crippen LogP) is 3.98. The van der Waals surface area contributed by atoms with Crippen LogP contribution in [-0.2, 0) is 0 Å². The van der Waals surface area contributed by atoms with E-state index < -0.39 is 11.9 Å². The molecule has 3 aromatic rings. The Morgan fingerprint density at radius 3 is 2.12 bits per heavy atom. The summed E-state index contributed by atoms with van der Waals surface area (Å²) < 4.78 is 5.43. The summed E-state index contributed by atoms with van der Waals surface area (Å²) in [5.74, 6) is -1.56. The van der Waals surface area contributed by atoms with Crippen molar-refractivity contribution in [1.82, 2.24) is 0 Å². The van der Waals surface area contributed by atoms with Gasteiger partial charge in [-0.2, -0.15) is 0 Å².